The number of aliphatic hydroxyl groups excluding tert-OH is 2. The van der Waals surface area contributed by atoms with Gasteiger partial charge in [-0.15, -0.1) is 11.3 Å². The number of benzene rings is 2. The Labute approximate surface area is 344 Å². The van der Waals surface area contributed by atoms with Crippen LogP contribution in [-0.2, 0) is 35.5 Å². The first-order valence-electron chi connectivity index (χ1n) is 19.3. The molecule has 0 aliphatic heterocycles. The van der Waals surface area contributed by atoms with E-state index in [4.69, 9.17) is 5.73 Å². The van der Waals surface area contributed by atoms with Gasteiger partial charge in [-0.2, -0.15) is 0 Å². The first-order chi connectivity index (χ1) is 27.6. The second-order valence-corrected chi connectivity index (χ2v) is 16.0. The number of nitrogen functional groups attached to an aromatic ring is 1. The van der Waals surface area contributed by atoms with Gasteiger partial charge in [0.15, 0.2) is 5.13 Å². The number of aromatic nitrogens is 2. The van der Waals surface area contributed by atoms with E-state index in [1.807, 2.05) is 66.7 Å². The van der Waals surface area contributed by atoms with Crippen molar-refractivity contribution >= 4 is 40.3 Å². The van der Waals surface area contributed by atoms with Crippen molar-refractivity contribution in [1.29, 1.82) is 0 Å². The lowest BCUT2D eigenvalue weighted by Gasteiger charge is -2.35. The number of anilines is 1. The van der Waals surface area contributed by atoms with Gasteiger partial charge in [0.1, 0.15) is 24.3 Å². The molecule has 0 fully saturated rings. The molecule has 58 heavy (non-hydrogen) atoms. The van der Waals surface area contributed by atoms with Crippen LogP contribution in [0.15, 0.2) is 90.4 Å². The van der Waals surface area contributed by atoms with Crippen LogP contribution in [0.2, 0.25) is 0 Å². The lowest BCUT2D eigenvalue weighted by molar-refractivity contribution is -0.129. The molecule has 0 aliphatic carbocycles. The minimum Gasteiger partial charge on any atom is -0.388 e. The third kappa shape index (κ3) is 13.5. The van der Waals surface area contributed by atoms with E-state index >= 15 is 0 Å². The van der Waals surface area contributed by atoms with E-state index in [-0.39, 0.29) is 37.8 Å². The molecule has 2 aromatic carbocycles. The molecule has 6 atom stereocenters. The van der Waals surface area contributed by atoms with Gasteiger partial charge >= 0.3 is 12.1 Å². The molecule has 8 N–H and O–H groups in total. The molecular formula is C42H57N9O6S. The van der Waals surface area contributed by atoms with Crippen LogP contribution >= 0.6 is 11.3 Å². The third-order valence-corrected chi connectivity index (χ3v) is 10.4. The summed E-state index contributed by atoms with van der Waals surface area (Å²) in [5, 5.41) is 37.6. The second-order valence-electron chi connectivity index (χ2n) is 15.1. The zero-order valence-electron chi connectivity index (χ0n) is 33.9. The van der Waals surface area contributed by atoms with E-state index in [1.54, 1.807) is 65.5 Å². The maximum absolute atomic E-state index is 14.0. The van der Waals surface area contributed by atoms with Gasteiger partial charge in [0, 0.05) is 25.7 Å². The van der Waals surface area contributed by atoms with E-state index in [0.29, 0.717) is 16.5 Å². The number of urea groups is 2. The standard InChI is InChI=1S/C42H57N9O6S/c1-26(2)34(48-41(56)50(5)23-30-19-13-14-20-44-30)38(54)46-32(21-28-15-9-7-10-16-28)36(52)37(53)33(22-29-17-11-8-12-18-29)47-39(55)35(27(3)4)49-42(57)51(6)24-31-25-58-40(43)45-31/h7-20,25-27,32-37,52-53H,21-24H2,1-6H3,(H2,43,45)(H,46,54)(H,47,55)(H,48,56)(H,49,57)/t32-,33-,34-,35-,36-,37-/m0/s1. The predicted molar refractivity (Wildman–Crippen MR) is 224 cm³/mol. The molecule has 312 valence electrons. The summed E-state index contributed by atoms with van der Waals surface area (Å²) >= 11 is 1.26. The number of pyridine rings is 1. The highest BCUT2D eigenvalue weighted by Crippen LogP contribution is 2.18. The molecule has 0 saturated carbocycles. The largest absolute Gasteiger partial charge is 0.388 e. The fourth-order valence-corrected chi connectivity index (χ4v) is 6.90. The van der Waals surface area contributed by atoms with E-state index in [1.165, 1.54) is 21.1 Å². The molecule has 0 bridgehead atoms. The van der Waals surface area contributed by atoms with Crippen molar-refractivity contribution in [2.24, 2.45) is 11.8 Å². The monoisotopic (exact) mass is 815 g/mol. The van der Waals surface area contributed by atoms with Crippen LogP contribution in [0.25, 0.3) is 0 Å². The first-order valence-corrected chi connectivity index (χ1v) is 20.2. The number of rotatable bonds is 19. The lowest BCUT2D eigenvalue weighted by Crippen LogP contribution is -2.62. The summed E-state index contributed by atoms with van der Waals surface area (Å²) in [6, 6.07) is 18.6. The zero-order chi connectivity index (χ0) is 42.4. The Kier molecular flexibility index (Phi) is 17.0. The van der Waals surface area contributed by atoms with E-state index < -0.39 is 60.3 Å². The number of carbonyl (C=O) groups excluding carboxylic acids is 4. The molecule has 6 amide bonds. The number of thiazole rings is 1. The quantitative estimate of drug-likeness (QED) is 0.0739. The molecule has 16 heteroatoms. The van der Waals surface area contributed by atoms with Crippen LogP contribution in [0.5, 0.6) is 0 Å². The Morgan fingerprint density at radius 1 is 0.655 bits per heavy atom. The van der Waals surface area contributed by atoms with Crippen molar-refractivity contribution in [2.75, 3.05) is 19.8 Å². The van der Waals surface area contributed by atoms with Gasteiger partial charge in [0.05, 0.1) is 36.6 Å². The number of aliphatic hydroxyl groups is 2. The van der Waals surface area contributed by atoms with Gasteiger partial charge in [-0.05, 0) is 47.9 Å². The molecular weight excluding hydrogens is 759 g/mol. The maximum Gasteiger partial charge on any atom is 0.318 e. The Hall–Kier alpha value is -5.58. The van der Waals surface area contributed by atoms with Gasteiger partial charge in [-0.1, -0.05) is 94.4 Å². The number of hydrogen-bond acceptors (Lipinski definition) is 10. The SMILES string of the molecule is CC(C)[C@H](NC(=O)N(C)Cc1ccccn1)C(=O)N[C@@H](Cc1ccccc1)[C@H](O)[C@@H](O)[C@H](Cc1ccccc1)NC(=O)[C@@H](NC(=O)N(C)Cc1csc(N)n1)C(C)C. The molecule has 0 aliphatic rings. The lowest BCUT2D eigenvalue weighted by atomic mass is 9.90. The highest BCUT2D eigenvalue weighted by Gasteiger charge is 2.38. The van der Waals surface area contributed by atoms with Crippen LogP contribution in [0, 0.1) is 11.8 Å². The maximum atomic E-state index is 14.0. The van der Waals surface area contributed by atoms with Crippen molar-refractivity contribution in [3.05, 3.63) is 113 Å². The van der Waals surface area contributed by atoms with Crippen molar-refractivity contribution in [3.63, 3.8) is 0 Å². The molecule has 4 rings (SSSR count). The zero-order valence-corrected chi connectivity index (χ0v) is 34.7. The van der Waals surface area contributed by atoms with Crippen molar-refractivity contribution in [2.45, 2.75) is 90.0 Å². The second kappa shape index (κ2) is 21.8. The summed E-state index contributed by atoms with van der Waals surface area (Å²) in [7, 11) is 3.18. The first kappa shape index (κ1) is 45.1. The summed E-state index contributed by atoms with van der Waals surface area (Å²) < 4.78 is 0. The van der Waals surface area contributed by atoms with Crippen LogP contribution < -0.4 is 27.0 Å². The van der Waals surface area contributed by atoms with Crippen molar-refractivity contribution in [1.82, 2.24) is 41.0 Å². The summed E-state index contributed by atoms with van der Waals surface area (Å²) in [4.78, 5) is 65.9. The third-order valence-electron chi connectivity index (χ3n) is 9.67. The van der Waals surface area contributed by atoms with Gasteiger partial charge in [-0.3, -0.25) is 14.6 Å². The van der Waals surface area contributed by atoms with Gasteiger partial charge < -0.3 is 47.0 Å². The highest BCUT2D eigenvalue weighted by atomic mass is 32.1. The molecule has 0 radical (unpaired) electrons. The number of hydrogen-bond donors (Lipinski definition) is 7. The van der Waals surface area contributed by atoms with Gasteiger partial charge in [0.25, 0.3) is 0 Å². The number of nitrogens with zero attached hydrogens (tertiary/aromatic N) is 4. The molecule has 0 unspecified atom stereocenters. The fraction of sp³-hybridized carbons (Fsp3) is 0.429. The summed E-state index contributed by atoms with van der Waals surface area (Å²) in [6.45, 7) is 7.55. The van der Waals surface area contributed by atoms with Crippen LogP contribution in [0.4, 0.5) is 14.7 Å². The van der Waals surface area contributed by atoms with Crippen LogP contribution in [0.3, 0.4) is 0 Å². The van der Waals surface area contributed by atoms with E-state index in [2.05, 4.69) is 31.2 Å². The fourth-order valence-electron chi connectivity index (χ4n) is 6.34. The summed E-state index contributed by atoms with van der Waals surface area (Å²) in [5.74, 6) is -1.83. The average molecular weight is 816 g/mol. The molecule has 15 nitrogen and oxygen atoms in total. The Bertz CT molecular complexity index is 1900. The molecule has 2 heterocycles. The number of amides is 6. The van der Waals surface area contributed by atoms with Crippen molar-refractivity contribution in [3.8, 4) is 0 Å². The molecule has 0 spiro atoms. The minimum atomic E-state index is -1.60. The Morgan fingerprint density at radius 3 is 1.47 bits per heavy atom. The summed E-state index contributed by atoms with van der Waals surface area (Å²) in [5.41, 5.74) is 8.58. The average Bonchev–Trinajstić information content (AvgIpc) is 3.62. The normalized spacial score (nSPS) is 14.4. The topological polar surface area (TPSA) is 215 Å². The number of nitrogens with two attached hydrogens (primary N) is 1. The van der Waals surface area contributed by atoms with Crippen molar-refractivity contribution < 1.29 is 29.4 Å². The number of nitrogens with one attached hydrogen (secondary N) is 4. The van der Waals surface area contributed by atoms with E-state index in [9.17, 15) is 29.4 Å². The minimum absolute atomic E-state index is 0.119. The van der Waals surface area contributed by atoms with Gasteiger partial charge in [0.2, 0.25) is 11.8 Å². The molecule has 0 saturated heterocycles. The molecule has 2 aromatic heterocycles. The number of carbonyl (C=O) groups is 4. The summed E-state index contributed by atoms with van der Waals surface area (Å²) in [6.07, 6.45) is -1.32. The molecule has 4 aromatic rings. The Balaban J connectivity index is 1.56. The predicted octanol–water partition coefficient (Wildman–Crippen LogP) is 3.33. The Morgan fingerprint density at radius 2 is 1.09 bits per heavy atom. The van der Waals surface area contributed by atoms with Crippen LogP contribution in [0.1, 0.15) is 50.2 Å². The smallest absolute Gasteiger partial charge is 0.318 e. The van der Waals surface area contributed by atoms with Gasteiger partial charge in [-0.25, -0.2) is 14.6 Å². The van der Waals surface area contributed by atoms with Crippen LogP contribution in [-0.4, -0.2) is 104 Å². The highest BCUT2D eigenvalue weighted by molar-refractivity contribution is 7.13. The van der Waals surface area contributed by atoms with E-state index in [0.717, 1.165) is 11.1 Å².